The molecule has 1 unspecified atom stereocenters. The Labute approximate surface area is 121 Å². The van der Waals surface area contributed by atoms with Crippen molar-refractivity contribution in [3.63, 3.8) is 0 Å². The summed E-state index contributed by atoms with van der Waals surface area (Å²) >= 11 is 3.48. The van der Waals surface area contributed by atoms with E-state index in [0.717, 1.165) is 10.0 Å². The van der Waals surface area contributed by atoms with Crippen LogP contribution < -0.4 is 0 Å². The number of halogens is 1. The molecule has 1 saturated heterocycles. The summed E-state index contributed by atoms with van der Waals surface area (Å²) in [7, 11) is 1.82. The van der Waals surface area contributed by atoms with E-state index in [4.69, 9.17) is 5.26 Å². The molecule has 0 aromatic heterocycles. The van der Waals surface area contributed by atoms with Crippen molar-refractivity contribution in [1.29, 1.82) is 5.26 Å². The maximum atomic E-state index is 12.1. The van der Waals surface area contributed by atoms with E-state index in [2.05, 4.69) is 41.1 Å². The van der Waals surface area contributed by atoms with Crippen LogP contribution >= 0.6 is 15.9 Å². The van der Waals surface area contributed by atoms with Crippen LogP contribution in [0.1, 0.15) is 23.6 Å². The lowest BCUT2D eigenvalue weighted by Crippen LogP contribution is -2.30. The fraction of sp³-hybridized carbons (Fsp3) is 0.429. The molecule has 19 heavy (non-hydrogen) atoms. The Hall–Kier alpha value is -1.54. The van der Waals surface area contributed by atoms with Gasteiger partial charge < -0.3 is 9.80 Å². The number of carbonyl (C=O) groups excluding carboxylic acids is 1. The van der Waals surface area contributed by atoms with Crippen LogP contribution in [0.5, 0.6) is 0 Å². The minimum absolute atomic E-state index is 0.000347. The van der Waals surface area contributed by atoms with E-state index in [0.29, 0.717) is 19.5 Å². The van der Waals surface area contributed by atoms with Crippen molar-refractivity contribution in [3.8, 4) is 6.07 Å². The lowest BCUT2D eigenvalue weighted by Gasteiger charge is -2.20. The number of aryl methyl sites for hydroxylation is 1. The predicted octanol–water partition coefficient (Wildman–Crippen LogP) is 3.08. The smallest absolute Gasteiger partial charge is 0.320 e. The average Bonchev–Trinajstić information content (AvgIpc) is 2.67. The second-order valence-corrected chi connectivity index (χ2v) is 5.68. The molecule has 1 atom stereocenters. The molecule has 0 spiro atoms. The van der Waals surface area contributed by atoms with Gasteiger partial charge in [-0.3, -0.25) is 0 Å². The predicted molar refractivity (Wildman–Crippen MR) is 76.6 cm³/mol. The van der Waals surface area contributed by atoms with Crippen LogP contribution in [-0.2, 0) is 0 Å². The first-order chi connectivity index (χ1) is 9.04. The Kier molecular flexibility index (Phi) is 4.11. The van der Waals surface area contributed by atoms with Gasteiger partial charge in [0.1, 0.15) is 0 Å². The maximum absolute atomic E-state index is 12.1. The number of rotatable bonds is 3. The summed E-state index contributed by atoms with van der Waals surface area (Å²) in [5.41, 5.74) is 2.33. The molecule has 0 aliphatic carbocycles. The molecule has 100 valence electrons. The van der Waals surface area contributed by atoms with Crippen molar-refractivity contribution in [2.45, 2.75) is 19.4 Å². The maximum Gasteiger partial charge on any atom is 0.320 e. The SMILES string of the molecule is Cc1ccc(Br)cc1C1CN(CCC#N)C(=O)N1C. The summed E-state index contributed by atoms with van der Waals surface area (Å²) in [4.78, 5) is 15.6. The number of amides is 2. The van der Waals surface area contributed by atoms with Gasteiger partial charge in [-0.2, -0.15) is 5.26 Å². The van der Waals surface area contributed by atoms with Crippen LogP contribution in [0.2, 0.25) is 0 Å². The molecule has 4 nitrogen and oxygen atoms in total. The zero-order chi connectivity index (χ0) is 14.0. The lowest BCUT2D eigenvalue weighted by atomic mass is 10.0. The van der Waals surface area contributed by atoms with Crippen molar-refractivity contribution >= 4 is 22.0 Å². The Bertz CT molecular complexity index is 538. The van der Waals surface area contributed by atoms with Crippen molar-refractivity contribution < 1.29 is 4.79 Å². The highest BCUT2D eigenvalue weighted by molar-refractivity contribution is 9.10. The molecule has 5 heteroatoms. The molecule has 1 aliphatic heterocycles. The number of nitriles is 1. The normalized spacial score (nSPS) is 18.8. The third kappa shape index (κ3) is 2.74. The van der Waals surface area contributed by atoms with Gasteiger partial charge in [-0.25, -0.2) is 4.79 Å². The van der Waals surface area contributed by atoms with E-state index < -0.39 is 0 Å². The summed E-state index contributed by atoms with van der Waals surface area (Å²) < 4.78 is 1.02. The largest absolute Gasteiger partial charge is 0.321 e. The highest BCUT2D eigenvalue weighted by Gasteiger charge is 2.35. The van der Waals surface area contributed by atoms with Gasteiger partial charge in [-0.1, -0.05) is 22.0 Å². The summed E-state index contributed by atoms with van der Waals surface area (Å²) in [6.07, 6.45) is 0.379. The Morgan fingerprint density at radius 3 is 2.95 bits per heavy atom. The van der Waals surface area contributed by atoms with E-state index in [1.54, 1.807) is 9.80 Å². The molecular formula is C14H16BrN3O. The van der Waals surface area contributed by atoms with Crippen LogP contribution in [0.25, 0.3) is 0 Å². The molecule has 1 heterocycles. The summed E-state index contributed by atoms with van der Waals surface area (Å²) in [6, 6.07) is 8.27. The summed E-state index contributed by atoms with van der Waals surface area (Å²) in [6.45, 7) is 3.20. The van der Waals surface area contributed by atoms with Crippen LogP contribution in [0.4, 0.5) is 4.79 Å². The number of likely N-dealkylation sites (N-methyl/N-ethyl adjacent to an activating group) is 1. The summed E-state index contributed by atoms with van der Waals surface area (Å²) in [5.74, 6) is 0. The van der Waals surface area contributed by atoms with Gasteiger partial charge in [0.25, 0.3) is 0 Å². The monoisotopic (exact) mass is 321 g/mol. The summed E-state index contributed by atoms with van der Waals surface area (Å²) in [5, 5.41) is 8.63. The molecule has 2 rings (SSSR count). The second kappa shape index (κ2) is 5.62. The number of carbonyl (C=O) groups is 1. The van der Waals surface area contributed by atoms with Crippen LogP contribution in [0.3, 0.4) is 0 Å². The van der Waals surface area contributed by atoms with E-state index in [9.17, 15) is 4.79 Å². The minimum atomic E-state index is -0.000347. The van der Waals surface area contributed by atoms with E-state index in [1.165, 1.54) is 5.56 Å². The van der Waals surface area contributed by atoms with Gasteiger partial charge in [0.15, 0.2) is 0 Å². The van der Waals surface area contributed by atoms with Crippen LogP contribution in [0.15, 0.2) is 22.7 Å². The molecule has 0 radical (unpaired) electrons. The molecule has 1 aromatic carbocycles. The topological polar surface area (TPSA) is 47.3 Å². The first kappa shape index (κ1) is 13.9. The second-order valence-electron chi connectivity index (χ2n) is 4.76. The first-order valence-electron chi connectivity index (χ1n) is 6.19. The van der Waals surface area contributed by atoms with Crippen LogP contribution in [-0.4, -0.2) is 36.0 Å². The minimum Gasteiger partial charge on any atom is -0.321 e. The van der Waals surface area contributed by atoms with Gasteiger partial charge in [0.05, 0.1) is 18.5 Å². The lowest BCUT2D eigenvalue weighted by molar-refractivity contribution is 0.196. The Morgan fingerprint density at radius 2 is 2.26 bits per heavy atom. The van der Waals surface area contributed by atoms with E-state index >= 15 is 0 Å². The van der Waals surface area contributed by atoms with Gasteiger partial charge in [-0.05, 0) is 30.2 Å². The Morgan fingerprint density at radius 1 is 1.53 bits per heavy atom. The first-order valence-corrected chi connectivity index (χ1v) is 6.98. The molecule has 1 aromatic rings. The van der Waals surface area contributed by atoms with Crippen molar-refractivity contribution in [2.75, 3.05) is 20.1 Å². The zero-order valence-electron chi connectivity index (χ0n) is 11.1. The molecule has 1 aliphatic rings. The van der Waals surface area contributed by atoms with Gasteiger partial charge >= 0.3 is 6.03 Å². The molecular weight excluding hydrogens is 306 g/mol. The van der Waals surface area contributed by atoms with Crippen molar-refractivity contribution in [3.05, 3.63) is 33.8 Å². The fourth-order valence-corrected chi connectivity index (χ4v) is 2.79. The standard InChI is InChI=1S/C14H16BrN3O/c1-10-4-5-11(15)8-12(10)13-9-18(7-3-6-16)14(19)17(13)2/h4-5,8,13H,3,7,9H2,1-2H3. The van der Waals surface area contributed by atoms with Gasteiger partial charge in [0, 0.05) is 24.6 Å². The average molecular weight is 322 g/mol. The molecule has 1 fully saturated rings. The van der Waals surface area contributed by atoms with E-state index in [-0.39, 0.29) is 12.1 Å². The zero-order valence-corrected chi connectivity index (χ0v) is 12.6. The Balaban J connectivity index is 2.24. The number of hydrogen-bond donors (Lipinski definition) is 0. The third-order valence-corrected chi connectivity index (χ3v) is 4.02. The van der Waals surface area contributed by atoms with Crippen LogP contribution in [0, 0.1) is 18.3 Å². The molecule has 0 bridgehead atoms. The number of hydrogen-bond acceptors (Lipinski definition) is 2. The highest BCUT2D eigenvalue weighted by atomic mass is 79.9. The van der Waals surface area contributed by atoms with E-state index in [1.807, 2.05) is 13.1 Å². The van der Waals surface area contributed by atoms with Crippen molar-refractivity contribution in [2.24, 2.45) is 0 Å². The molecule has 0 N–H and O–H groups in total. The number of urea groups is 1. The van der Waals surface area contributed by atoms with Gasteiger partial charge in [-0.15, -0.1) is 0 Å². The quantitative estimate of drug-likeness (QED) is 0.858. The molecule has 0 saturated carbocycles. The number of benzene rings is 1. The van der Waals surface area contributed by atoms with Crippen molar-refractivity contribution in [1.82, 2.24) is 9.80 Å². The fourth-order valence-electron chi connectivity index (χ4n) is 2.41. The third-order valence-electron chi connectivity index (χ3n) is 3.53. The number of nitrogens with zero attached hydrogens (tertiary/aromatic N) is 3. The highest BCUT2D eigenvalue weighted by Crippen LogP contribution is 2.31. The molecule has 2 amide bonds. The van der Waals surface area contributed by atoms with Gasteiger partial charge in [0.2, 0.25) is 0 Å².